The minimum atomic E-state index is -4.49. The number of carbonyl (C=O) groups is 2. The van der Waals surface area contributed by atoms with Crippen LogP contribution in [0.25, 0.3) is 5.52 Å². The van der Waals surface area contributed by atoms with Crippen molar-refractivity contribution in [3.8, 4) is 0 Å². The summed E-state index contributed by atoms with van der Waals surface area (Å²) in [6.07, 6.45) is -1.41. The number of anilines is 1. The molecule has 24 heavy (non-hydrogen) atoms. The Morgan fingerprint density at radius 3 is 2.71 bits per heavy atom. The highest BCUT2D eigenvalue weighted by Crippen LogP contribution is 2.35. The average Bonchev–Trinajstić information content (AvgIpc) is 3.17. The lowest BCUT2D eigenvalue weighted by Crippen LogP contribution is -2.49. The predicted molar refractivity (Wildman–Crippen MR) is 76.4 cm³/mol. The molecule has 2 fully saturated rings. The molecule has 2 N–H and O–H groups in total. The summed E-state index contributed by atoms with van der Waals surface area (Å²) < 4.78 is 40.9. The molecule has 1 unspecified atom stereocenters. The van der Waals surface area contributed by atoms with Crippen LogP contribution in [0, 0.1) is 0 Å². The molecule has 2 saturated heterocycles. The number of alkyl halides is 3. The largest absolute Gasteiger partial charge is 0.416 e. The molecule has 0 aromatic carbocycles. The fourth-order valence-corrected chi connectivity index (χ4v) is 3.24. The third-order valence-electron chi connectivity index (χ3n) is 4.44. The number of carbonyl (C=O) groups excluding carboxylic acids is 2. The first kappa shape index (κ1) is 14.8. The van der Waals surface area contributed by atoms with Gasteiger partial charge in [-0.25, -0.2) is 9.78 Å². The van der Waals surface area contributed by atoms with Crippen LogP contribution >= 0.6 is 0 Å². The summed E-state index contributed by atoms with van der Waals surface area (Å²) in [5.74, 6) is -0.174. The van der Waals surface area contributed by atoms with Crippen LogP contribution in [-0.2, 0) is 11.0 Å². The first-order valence-electron chi connectivity index (χ1n) is 7.20. The summed E-state index contributed by atoms with van der Waals surface area (Å²) in [6.45, 7) is 0.432. The van der Waals surface area contributed by atoms with Gasteiger partial charge in [0.05, 0.1) is 23.8 Å². The van der Waals surface area contributed by atoms with Gasteiger partial charge in [0, 0.05) is 6.54 Å². The quantitative estimate of drug-likeness (QED) is 0.764. The molecule has 7 nitrogen and oxygen atoms in total. The first-order chi connectivity index (χ1) is 11.3. The number of halogens is 3. The lowest BCUT2D eigenvalue weighted by atomic mass is 10.00. The molecule has 0 bridgehead atoms. The van der Waals surface area contributed by atoms with Crippen LogP contribution in [0.3, 0.4) is 0 Å². The number of pyridine rings is 1. The van der Waals surface area contributed by atoms with E-state index in [4.69, 9.17) is 0 Å². The number of aromatic nitrogens is 2. The third kappa shape index (κ3) is 2.09. The maximum atomic E-state index is 13.1. The van der Waals surface area contributed by atoms with Crippen LogP contribution in [0.1, 0.15) is 12.0 Å². The Morgan fingerprint density at radius 1 is 1.25 bits per heavy atom. The van der Waals surface area contributed by atoms with Gasteiger partial charge in [-0.1, -0.05) is 0 Å². The van der Waals surface area contributed by atoms with Gasteiger partial charge in [0.25, 0.3) is 5.91 Å². The number of fused-ring (bicyclic) bond motifs is 1. The van der Waals surface area contributed by atoms with Crippen LogP contribution in [-0.4, -0.2) is 40.0 Å². The molecule has 1 atom stereocenters. The molecule has 2 aromatic rings. The maximum absolute atomic E-state index is 13.1. The zero-order chi connectivity index (χ0) is 17.1. The Hall–Kier alpha value is -2.78. The van der Waals surface area contributed by atoms with Gasteiger partial charge in [-0.2, -0.15) is 13.2 Å². The third-order valence-corrected chi connectivity index (χ3v) is 4.44. The number of amides is 3. The van der Waals surface area contributed by atoms with E-state index in [0.717, 1.165) is 12.1 Å². The molecule has 1 spiro atoms. The summed E-state index contributed by atoms with van der Waals surface area (Å²) in [6, 6.07) is 1.47. The van der Waals surface area contributed by atoms with Gasteiger partial charge in [-0.15, -0.1) is 0 Å². The first-order valence-corrected chi connectivity index (χ1v) is 7.20. The number of urea groups is 1. The molecular weight excluding hydrogens is 327 g/mol. The molecule has 126 valence electrons. The van der Waals surface area contributed by atoms with E-state index >= 15 is 0 Å². The van der Waals surface area contributed by atoms with Gasteiger partial charge < -0.3 is 10.2 Å². The molecular formula is C14H12F3N5O2. The monoisotopic (exact) mass is 339 g/mol. The maximum Gasteiger partial charge on any atom is 0.416 e. The Bertz CT molecular complexity index is 862. The minimum absolute atomic E-state index is 0.0964. The minimum Gasteiger partial charge on any atom is -0.355 e. The van der Waals surface area contributed by atoms with Crippen molar-refractivity contribution in [3.63, 3.8) is 0 Å². The summed E-state index contributed by atoms with van der Waals surface area (Å²) >= 11 is 0. The molecule has 0 aliphatic carbocycles. The van der Waals surface area contributed by atoms with Crippen LogP contribution in [0.4, 0.5) is 23.8 Å². The van der Waals surface area contributed by atoms with E-state index in [1.807, 2.05) is 0 Å². The van der Waals surface area contributed by atoms with E-state index in [0.29, 0.717) is 18.5 Å². The van der Waals surface area contributed by atoms with Crippen molar-refractivity contribution in [1.29, 1.82) is 0 Å². The van der Waals surface area contributed by atoms with E-state index in [2.05, 4.69) is 15.6 Å². The summed E-state index contributed by atoms with van der Waals surface area (Å²) in [7, 11) is 0. The van der Waals surface area contributed by atoms with E-state index in [1.165, 1.54) is 16.9 Å². The standard InChI is InChI=1S/C14H12F3N5O2/c15-14(16,17)8-3-9-5-18-7-22(9)10(4-8)21-2-1-13(6-21)11(23)19-12(24)20-13/h3-5,7H,1-2,6H2,(H2,19,20,23,24). The van der Waals surface area contributed by atoms with Crippen molar-refractivity contribution >= 4 is 23.3 Å². The highest BCUT2D eigenvalue weighted by molar-refractivity contribution is 6.07. The lowest BCUT2D eigenvalue weighted by molar-refractivity contribution is -0.137. The van der Waals surface area contributed by atoms with E-state index in [-0.39, 0.29) is 12.4 Å². The predicted octanol–water partition coefficient (Wildman–Crippen LogP) is 1.14. The Kier molecular flexibility index (Phi) is 2.85. The molecule has 2 aliphatic heterocycles. The van der Waals surface area contributed by atoms with Crippen LogP contribution in [0.15, 0.2) is 24.7 Å². The van der Waals surface area contributed by atoms with Gasteiger partial charge in [0.1, 0.15) is 17.7 Å². The van der Waals surface area contributed by atoms with Crippen molar-refractivity contribution in [2.45, 2.75) is 18.1 Å². The topological polar surface area (TPSA) is 78.7 Å². The summed E-state index contributed by atoms with van der Waals surface area (Å²) in [5.41, 5.74) is -1.58. The van der Waals surface area contributed by atoms with Crippen molar-refractivity contribution in [2.24, 2.45) is 0 Å². The molecule has 2 aromatic heterocycles. The van der Waals surface area contributed by atoms with Crippen molar-refractivity contribution < 1.29 is 22.8 Å². The number of rotatable bonds is 1. The number of hydrogen-bond acceptors (Lipinski definition) is 4. The van der Waals surface area contributed by atoms with Gasteiger partial charge in [0.15, 0.2) is 0 Å². The molecule has 2 aliphatic rings. The lowest BCUT2D eigenvalue weighted by Gasteiger charge is -2.24. The Balaban J connectivity index is 1.76. The van der Waals surface area contributed by atoms with Gasteiger partial charge in [-0.05, 0) is 18.6 Å². The van der Waals surface area contributed by atoms with Gasteiger partial charge in [-0.3, -0.25) is 14.5 Å². The zero-order valence-electron chi connectivity index (χ0n) is 12.2. The van der Waals surface area contributed by atoms with Crippen molar-refractivity contribution in [3.05, 3.63) is 30.2 Å². The fourth-order valence-electron chi connectivity index (χ4n) is 3.24. The van der Waals surface area contributed by atoms with Crippen LogP contribution in [0.5, 0.6) is 0 Å². The molecule has 0 radical (unpaired) electrons. The number of nitrogens with zero attached hydrogens (tertiary/aromatic N) is 3. The molecule has 0 saturated carbocycles. The number of hydrogen-bond donors (Lipinski definition) is 2. The van der Waals surface area contributed by atoms with Crippen molar-refractivity contribution in [2.75, 3.05) is 18.0 Å². The Morgan fingerprint density at radius 2 is 2.04 bits per heavy atom. The smallest absolute Gasteiger partial charge is 0.355 e. The zero-order valence-corrected chi connectivity index (χ0v) is 12.2. The van der Waals surface area contributed by atoms with E-state index in [9.17, 15) is 22.8 Å². The molecule has 4 heterocycles. The highest BCUT2D eigenvalue weighted by Gasteiger charge is 2.51. The molecule has 10 heteroatoms. The van der Waals surface area contributed by atoms with Gasteiger partial charge >= 0.3 is 12.2 Å². The number of imidazole rings is 1. The second-order valence-corrected chi connectivity index (χ2v) is 5.95. The molecule has 4 rings (SSSR count). The normalized spacial score (nSPS) is 24.0. The number of imide groups is 1. The summed E-state index contributed by atoms with van der Waals surface area (Å²) in [4.78, 5) is 28.9. The second-order valence-electron chi connectivity index (χ2n) is 5.95. The molecule has 3 amide bonds. The Labute approximate surface area is 133 Å². The van der Waals surface area contributed by atoms with E-state index in [1.54, 1.807) is 4.90 Å². The van der Waals surface area contributed by atoms with Crippen LogP contribution < -0.4 is 15.5 Å². The fraction of sp³-hybridized carbons (Fsp3) is 0.357. The highest BCUT2D eigenvalue weighted by atomic mass is 19.4. The van der Waals surface area contributed by atoms with Gasteiger partial charge in [0.2, 0.25) is 0 Å². The van der Waals surface area contributed by atoms with Crippen molar-refractivity contribution in [1.82, 2.24) is 20.0 Å². The van der Waals surface area contributed by atoms with E-state index < -0.39 is 29.2 Å². The SMILES string of the molecule is O=C1NC(=O)C2(CCN(c3cc(C(F)(F)F)cc4cncn34)C2)N1. The second kappa shape index (κ2) is 4.62. The van der Waals surface area contributed by atoms with Crippen LogP contribution in [0.2, 0.25) is 0 Å². The summed E-state index contributed by atoms with van der Waals surface area (Å²) in [5, 5.41) is 4.75. The number of nitrogens with one attached hydrogen (secondary N) is 2. The average molecular weight is 339 g/mol.